The molecular weight excluding hydrogens is 364 g/mol. The molecule has 1 amide bonds. The molecule has 3 heterocycles. The van der Waals surface area contributed by atoms with Gasteiger partial charge in [0.15, 0.2) is 5.82 Å². The van der Waals surface area contributed by atoms with Crippen molar-refractivity contribution < 1.29 is 4.79 Å². The molecule has 1 aliphatic rings. The van der Waals surface area contributed by atoms with Gasteiger partial charge in [0.1, 0.15) is 11.5 Å². The smallest absolute Gasteiger partial charge is 0.274 e. The first-order valence-corrected chi connectivity index (χ1v) is 9.64. The van der Waals surface area contributed by atoms with Crippen molar-refractivity contribution in [2.45, 2.75) is 25.9 Å². The van der Waals surface area contributed by atoms with Gasteiger partial charge in [-0.25, -0.2) is 4.98 Å². The highest BCUT2D eigenvalue weighted by Crippen LogP contribution is 2.26. The summed E-state index contributed by atoms with van der Waals surface area (Å²) >= 11 is 0. The molecular formula is C22H20N6O. The number of benzene rings is 2. The van der Waals surface area contributed by atoms with Crippen molar-refractivity contribution in [1.29, 1.82) is 0 Å². The lowest BCUT2D eigenvalue weighted by Crippen LogP contribution is -2.42. The third-order valence-electron chi connectivity index (χ3n) is 5.33. The monoisotopic (exact) mass is 384 g/mol. The number of rotatable bonds is 3. The Labute approximate surface area is 168 Å². The van der Waals surface area contributed by atoms with E-state index in [9.17, 15) is 4.79 Å². The third kappa shape index (κ3) is 3.24. The molecule has 0 spiro atoms. The third-order valence-corrected chi connectivity index (χ3v) is 5.33. The van der Waals surface area contributed by atoms with E-state index in [1.165, 1.54) is 5.56 Å². The second-order valence-electron chi connectivity index (χ2n) is 7.31. The molecule has 144 valence electrons. The minimum absolute atomic E-state index is 0.0773. The number of nitrogens with zero attached hydrogens (tertiary/aromatic N) is 6. The van der Waals surface area contributed by atoms with Crippen molar-refractivity contribution in [1.82, 2.24) is 29.6 Å². The summed E-state index contributed by atoms with van der Waals surface area (Å²) in [6.45, 7) is 2.95. The van der Waals surface area contributed by atoms with E-state index in [4.69, 9.17) is 0 Å². The molecule has 0 aliphatic carbocycles. The van der Waals surface area contributed by atoms with Crippen molar-refractivity contribution >= 4 is 16.9 Å². The molecule has 0 bridgehead atoms. The van der Waals surface area contributed by atoms with Gasteiger partial charge in [-0.1, -0.05) is 42.5 Å². The quantitative estimate of drug-likeness (QED) is 0.543. The summed E-state index contributed by atoms with van der Waals surface area (Å²) in [4.78, 5) is 23.9. The van der Waals surface area contributed by atoms with Gasteiger partial charge in [0.2, 0.25) is 0 Å². The molecule has 0 radical (unpaired) electrons. The minimum Gasteiger partial charge on any atom is -0.328 e. The molecule has 5 rings (SSSR count). The summed E-state index contributed by atoms with van der Waals surface area (Å²) in [5.74, 6) is 1.54. The topological polar surface area (TPSA) is 76.8 Å². The molecule has 7 nitrogen and oxygen atoms in total. The van der Waals surface area contributed by atoms with Crippen LogP contribution in [0.2, 0.25) is 0 Å². The maximum atomic E-state index is 13.2. The van der Waals surface area contributed by atoms with E-state index < -0.39 is 0 Å². The Morgan fingerprint density at radius 3 is 2.62 bits per heavy atom. The number of hydrogen-bond acceptors (Lipinski definition) is 5. The normalized spacial score (nSPS) is 16.0. The first kappa shape index (κ1) is 17.5. The summed E-state index contributed by atoms with van der Waals surface area (Å²) in [5, 5.41) is 8.55. The zero-order valence-electron chi connectivity index (χ0n) is 16.1. The number of fused-ring (bicyclic) bond motifs is 2. The molecule has 2 aromatic carbocycles. The van der Waals surface area contributed by atoms with E-state index in [0.29, 0.717) is 18.8 Å². The number of aromatic nitrogens is 5. The highest BCUT2D eigenvalue weighted by molar-refractivity contribution is 5.93. The summed E-state index contributed by atoms with van der Waals surface area (Å²) in [7, 11) is 0. The molecule has 29 heavy (non-hydrogen) atoms. The standard InChI is InChI=1S/C22H20N6O/c1-15-25-26-21-14-27(13-17(28(15)21)11-16-7-3-2-4-8-16)22(29)20-12-23-18-9-5-6-10-19(18)24-20/h2-10,12,17H,11,13-14H2,1H3/t17-/m1/s1. The lowest BCUT2D eigenvalue weighted by atomic mass is 10.0. The number of carbonyl (C=O) groups is 1. The van der Waals surface area contributed by atoms with Crippen molar-refractivity contribution in [3.8, 4) is 0 Å². The van der Waals surface area contributed by atoms with Crippen LogP contribution < -0.4 is 0 Å². The van der Waals surface area contributed by atoms with Crippen LogP contribution in [-0.4, -0.2) is 42.1 Å². The molecule has 0 saturated carbocycles. The van der Waals surface area contributed by atoms with E-state index in [1.807, 2.05) is 49.4 Å². The minimum atomic E-state index is -0.131. The van der Waals surface area contributed by atoms with E-state index >= 15 is 0 Å². The molecule has 0 fully saturated rings. The predicted octanol–water partition coefficient (Wildman–Crippen LogP) is 2.97. The average Bonchev–Trinajstić information content (AvgIpc) is 3.14. The second kappa shape index (κ2) is 7.09. The van der Waals surface area contributed by atoms with Crippen LogP contribution in [0.4, 0.5) is 0 Å². The Morgan fingerprint density at radius 2 is 1.79 bits per heavy atom. The zero-order chi connectivity index (χ0) is 19.8. The zero-order valence-corrected chi connectivity index (χ0v) is 16.1. The van der Waals surface area contributed by atoms with E-state index in [1.54, 1.807) is 11.1 Å². The summed E-state index contributed by atoms with van der Waals surface area (Å²) in [5.41, 5.74) is 3.07. The van der Waals surface area contributed by atoms with Gasteiger partial charge in [0.25, 0.3) is 5.91 Å². The number of hydrogen-bond donors (Lipinski definition) is 0. The van der Waals surface area contributed by atoms with Gasteiger partial charge in [0, 0.05) is 6.54 Å². The Kier molecular flexibility index (Phi) is 4.27. The Balaban J connectivity index is 1.46. The molecule has 0 N–H and O–H groups in total. The van der Waals surface area contributed by atoms with Crippen LogP contribution in [0.1, 0.15) is 33.7 Å². The fourth-order valence-electron chi connectivity index (χ4n) is 3.99. The lowest BCUT2D eigenvalue weighted by Gasteiger charge is -2.34. The van der Waals surface area contributed by atoms with Crippen molar-refractivity contribution in [3.05, 3.63) is 83.7 Å². The van der Waals surface area contributed by atoms with E-state index in [2.05, 4.69) is 36.9 Å². The van der Waals surface area contributed by atoms with Gasteiger partial charge in [-0.2, -0.15) is 0 Å². The van der Waals surface area contributed by atoms with Crippen LogP contribution in [-0.2, 0) is 13.0 Å². The molecule has 1 aliphatic heterocycles. The Bertz CT molecular complexity index is 1190. The first-order chi connectivity index (χ1) is 14.2. The lowest BCUT2D eigenvalue weighted by molar-refractivity contribution is 0.0666. The second-order valence-corrected chi connectivity index (χ2v) is 7.31. The fraction of sp³-hybridized carbons (Fsp3) is 0.227. The van der Waals surface area contributed by atoms with Crippen molar-refractivity contribution in [2.75, 3.05) is 6.54 Å². The largest absolute Gasteiger partial charge is 0.328 e. The number of para-hydroxylation sites is 2. The van der Waals surface area contributed by atoms with Crippen LogP contribution in [0, 0.1) is 6.92 Å². The molecule has 1 atom stereocenters. The number of aryl methyl sites for hydroxylation is 1. The van der Waals surface area contributed by atoms with Gasteiger partial charge < -0.3 is 9.47 Å². The maximum absolute atomic E-state index is 13.2. The van der Waals surface area contributed by atoms with Crippen molar-refractivity contribution in [3.63, 3.8) is 0 Å². The van der Waals surface area contributed by atoms with Gasteiger partial charge >= 0.3 is 0 Å². The Morgan fingerprint density at radius 1 is 1.03 bits per heavy atom. The molecule has 7 heteroatoms. The number of amides is 1. The average molecular weight is 384 g/mol. The van der Waals surface area contributed by atoms with Crippen LogP contribution in [0.15, 0.2) is 60.8 Å². The molecule has 4 aromatic rings. The van der Waals surface area contributed by atoms with Gasteiger partial charge in [0.05, 0.1) is 29.8 Å². The first-order valence-electron chi connectivity index (χ1n) is 9.64. The molecule has 0 unspecified atom stereocenters. The van der Waals surface area contributed by atoms with Gasteiger partial charge in [-0.05, 0) is 31.0 Å². The van der Waals surface area contributed by atoms with Crippen molar-refractivity contribution in [2.24, 2.45) is 0 Å². The summed E-state index contributed by atoms with van der Waals surface area (Å²) < 4.78 is 2.16. The highest BCUT2D eigenvalue weighted by atomic mass is 16.2. The highest BCUT2D eigenvalue weighted by Gasteiger charge is 2.31. The van der Waals surface area contributed by atoms with E-state index in [0.717, 1.165) is 29.1 Å². The SMILES string of the molecule is Cc1nnc2n1[C@H](Cc1ccccc1)CN(C(=O)c1cnc3ccccc3n1)C2. The van der Waals surface area contributed by atoms with Crippen LogP contribution in [0.3, 0.4) is 0 Å². The molecule has 2 aromatic heterocycles. The molecule has 0 saturated heterocycles. The fourth-order valence-corrected chi connectivity index (χ4v) is 3.99. The summed E-state index contributed by atoms with van der Waals surface area (Å²) in [6, 6.07) is 17.9. The maximum Gasteiger partial charge on any atom is 0.274 e. The Hall–Kier alpha value is -3.61. The number of carbonyl (C=O) groups excluding carboxylic acids is 1. The van der Waals surface area contributed by atoms with Gasteiger partial charge in [-0.3, -0.25) is 9.78 Å². The van der Waals surface area contributed by atoms with Crippen LogP contribution >= 0.6 is 0 Å². The van der Waals surface area contributed by atoms with Gasteiger partial charge in [-0.15, -0.1) is 10.2 Å². The van der Waals surface area contributed by atoms with E-state index in [-0.39, 0.29) is 11.9 Å². The van der Waals surface area contributed by atoms with Crippen LogP contribution in [0.5, 0.6) is 0 Å². The van der Waals surface area contributed by atoms with Crippen LogP contribution in [0.25, 0.3) is 11.0 Å². The summed E-state index contributed by atoms with van der Waals surface area (Å²) in [6.07, 6.45) is 2.36. The predicted molar refractivity (Wildman–Crippen MR) is 108 cm³/mol.